The maximum Gasteiger partial charge on any atom is 0.231 e. The van der Waals surface area contributed by atoms with Crippen LogP contribution in [0.25, 0.3) is 31.7 Å². The molecule has 0 bridgehead atoms. The third kappa shape index (κ3) is 3.00. The van der Waals surface area contributed by atoms with Crippen LogP contribution in [0, 0.1) is 0 Å². The van der Waals surface area contributed by atoms with Crippen molar-refractivity contribution < 1.29 is 9.13 Å². The molecule has 30 heavy (non-hydrogen) atoms. The van der Waals surface area contributed by atoms with Gasteiger partial charge in [-0.15, -0.1) is 4.57 Å². The zero-order valence-electron chi connectivity index (χ0n) is 16.3. The van der Waals surface area contributed by atoms with Crippen LogP contribution in [0.5, 0.6) is 0 Å². The summed E-state index contributed by atoms with van der Waals surface area (Å²) in [6, 6.07) is 28.4. The first-order chi connectivity index (χ1) is 14.9. The van der Waals surface area contributed by atoms with Crippen molar-refractivity contribution in [2.45, 2.75) is 12.5 Å². The Kier molecular flexibility index (Phi) is 4.33. The van der Waals surface area contributed by atoms with Gasteiger partial charge in [0.15, 0.2) is 6.04 Å². The number of thiazole rings is 2. The fraction of sp³-hybridized carbons (Fsp3) is 0.0769. The van der Waals surface area contributed by atoms with Gasteiger partial charge in [0, 0.05) is 24.6 Å². The Morgan fingerprint density at radius 1 is 0.700 bits per heavy atom. The molecule has 1 aliphatic rings. The van der Waals surface area contributed by atoms with Gasteiger partial charge in [-0.1, -0.05) is 77.3 Å². The molecule has 1 atom stereocenters. The number of allylic oxidation sites excluding steroid dienone is 4. The van der Waals surface area contributed by atoms with Gasteiger partial charge in [-0.2, -0.15) is 4.57 Å². The highest BCUT2D eigenvalue weighted by atomic mass is 32.1. The van der Waals surface area contributed by atoms with Crippen molar-refractivity contribution in [2.24, 2.45) is 0 Å². The maximum atomic E-state index is 2.44. The molecular formula is C26H20N2S2+2. The fourth-order valence-corrected chi connectivity index (χ4v) is 6.12. The van der Waals surface area contributed by atoms with Gasteiger partial charge in [0.25, 0.3) is 0 Å². The molecule has 0 saturated carbocycles. The predicted octanol–water partition coefficient (Wildman–Crippen LogP) is 6.26. The lowest BCUT2D eigenvalue weighted by Gasteiger charge is -2.16. The number of hydrogen-bond acceptors (Lipinski definition) is 2. The number of aromatic nitrogens is 2. The van der Waals surface area contributed by atoms with E-state index in [0.29, 0.717) is 0 Å². The highest BCUT2D eigenvalue weighted by Crippen LogP contribution is 2.33. The van der Waals surface area contributed by atoms with E-state index in [1.165, 1.54) is 37.3 Å². The molecule has 1 aliphatic carbocycles. The van der Waals surface area contributed by atoms with E-state index in [4.69, 9.17) is 0 Å². The lowest BCUT2D eigenvalue weighted by molar-refractivity contribution is -0.683. The third-order valence-corrected chi connectivity index (χ3v) is 7.59. The van der Waals surface area contributed by atoms with Crippen LogP contribution < -0.4 is 9.13 Å². The molecule has 4 heteroatoms. The van der Waals surface area contributed by atoms with Crippen molar-refractivity contribution in [3.8, 4) is 0 Å². The molecule has 5 aromatic rings. The zero-order chi connectivity index (χ0) is 19.9. The topological polar surface area (TPSA) is 7.76 Å². The second-order valence-electron chi connectivity index (χ2n) is 7.56. The first-order valence-corrected chi connectivity index (χ1v) is 11.9. The summed E-state index contributed by atoms with van der Waals surface area (Å²) in [7, 11) is 0. The fourth-order valence-electron chi connectivity index (χ4n) is 4.27. The number of rotatable bonds is 3. The van der Waals surface area contributed by atoms with E-state index in [0.717, 1.165) is 6.42 Å². The molecule has 144 valence electrons. The molecule has 2 heterocycles. The minimum absolute atomic E-state index is 0.280. The van der Waals surface area contributed by atoms with Crippen LogP contribution >= 0.6 is 22.7 Å². The number of hydrogen-bond donors (Lipinski definition) is 0. The molecule has 0 saturated heterocycles. The molecule has 0 radical (unpaired) electrons. The van der Waals surface area contributed by atoms with Gasteiger partial charge in [-0.05, 0) is 23.3 Å². The smallest absolute Gasteiger partial charge is 0.181 e. The van der Waals surface area contributed by atoms with Crippen molar-refractivity contribution in [3.05, 3.63) is 108 Å². The SMILES string of the molecule is C1=C(c2ccccc2)CC([n+]2csc3ccccc32)C=C1[n+]1csc2ccccc21. The Balaban J connectivity index is 1.53. The Morgan fingerprint density at radius 2 is 1.37 bits per heavy atom. The number of nitrogens with zero attached hydrogens (tertiary/aromatic N) is 2. The number of para-hydroxylation sites is 2. The average molecular weight is 425 g/mol. The highest BCUT2D eigenvalue weighted by Gasteiger charge is 2.30. The molecular weight excluding hydrogens is 404 g/mol. The van der Waals surface area contributed by atoms with Crippen LogP contribution in [-0.2, 0) is 0 Å². The lowest BCUT2D eigenvalue weighted by atomic mass is 9.92. The van der Waals surface area contributed by atoms with Crippen LogP contribution in [0.1, 0.15) is 18.0 Å². The number of benzene rings is 3. The Bertz CT molecular complexity index is 1420. The largest absolute Gasteiger partial charge is 0.231 e. The van der Waals surface area contributed by atoms with E-state index in [1.807, 2.05) is 11.3 Å². The third-order valence-electron chi connectivity index (χ3n) is 5.74. The summed E-state index contributed by atoms with van der Waals surface area (Å²) in [6.07, 6.45) is 5.77. The molecule has 1 unspecified atom stereocenters. The Labute approximate surface area is 183 Å². The minimum Gasteiger partial charge on any atom is -0.181 e. The van der Waals surface area contributed by atoms with Crippen molar-refractivity contribution in [3.63, 3.8) is 0 Å². The molecule has 0 amide bonds. The van der Waals surface area contributed by atoms with Crippen LogP contribution in [0.15, 0.2) is 102 Å². The molecule has 0 aliphatic heterocycles. The molecule has 0 spiro atoms. The summed E-state index contributed by atoms with van der Waals surface area (Å²) in [5.74, 6) is 0. The van der Waals surface area contributed by atoms with Crippen LogP contribution in [0.4, 0.5) is 0 Å². The van der Waals surface area contributed by atoms with E-state index >= 15 is 0 Å². The summed E-state index contributed by atoms with van der Waals surface area (Å²) in [6.45, 7) is 0. The zero-order valence-corrected chi connectivity index (χ0v) is 17.9. The number of fused-ring (bicyclic) bond motifs is 2. The summed E-state index contributed by atoms with van der Waals surface area (Å²) in [5, 5.41) is 0. The van der Waals surface area contributed by atoms with Gasteiger partial charge in [0.2, 0.25) is 27.8 Å². The van der Waals surface area contributed by atoms with Crippen LogP contribution in [0.3, 0.4) is 0 Å². The summed E-state index contributed by atoms with van der Waals surface area (Å²) < 4.78 is 7.41. The molecule has 6 rings (SSSR count). The van der Waals surface area contributed by atoms with Crippen LogP contribution in [0.2, 0.25) is 0 Å². The second-order valence-corrected chi connectivity index (χ2v) is 9.33. The van der Waals surface area contributed by atoms with E-state index in [-0.39, 0.29) is 6.04 Å². The molecule has 3 aromatic carbocycles. The second kappa shape index (κ2) is 7.31. The average Bonchev–Trinajstić information content (AvgIpc) is 3.44. The van der Waals surface area contributed by atoms with E-state index < -0.39 is 0 Å². The maximum absolute atomic E-state index is 2.44. The monoisotopic (exact) mass is 424 g/mol. The molecule has 2 nitrogen and oxygen atoms in total. The summed E-state index contributed by atoms with van der Waals surface area (Å²) in [5.41, 5.74) is 11.0. The minimum atomic E-state index is 0.280. The van der Waals surface area contributed by atoms with Crippen molar-refractivity contribution in [2.75, 3.05) is 0 Å². The van der Waals surface area contributed by atoms with E-state index in [1.54, 1.807) is 11.3 Å². The summed E-state index contributed by atoms with van der Waals surface area (Å²) >= 11 is 3.61. The summed E-state index contributed by atoms with van der Waals surface area (Å²) in [4.78, 5) is 0. The van der Waals surface area contributed by atoms with Gasteiger partial charge in [0.05, 0.1) is 6.08 Å². The van der Waals surface area contributed by atoms with E-state index in [9.17, 15) is 0 Å². The molecule has 2 aromatic heterocycles. The normalized spacial score (nSPS) is 16.6. The van der Waals surface area contributed by atoms with Gasteiger partial charge in [-0.25, -0.2) is 0 Å². The van der Waals surface area contributed by atoms with Gasteiger partial charge in [-0.3, -0.25) is 0 Å². The van der Waals surface area contributed by atoms with E-state index in [2.05, 4.69) is 111 Å². The molecule has 0 N–H and O–H groups in total. The lowest BCUT2D eigenvalue weighted by Crippen LogP contribution is -2.40. The first-order valence-electron chi connectivity index (χ1n) is 10.1. The van der Waals surface area contributed by atoms with Crippen molar-refractivity contribution >= 4 is 54.4 Å². The quantitative estimate of drug-likeness (QED) is 0.302. The van der Waals surface area contributed by atoms with Crippen molar-refractivity contribution in [1.82, 2.24) is 0 Å². The predicted molar refractivity (Wildman–Crippen MR) is 126 cm³/mol. The Morgan fingerprint density at radius 3 is 2.20 bits per heavy atom. The van der Waals surface area contributed by atoms with Crippen molar-refractivity contribution in [1.29, 1.82) is 0 Å². The van der Waals surface area contributed by atoms with Crippen LogP contribution in [-0.4, -0.2) is 0 Å². The standard InChI is InChI=1S/C26H20N2S2/c1-2-8-19(9-3-1)20-14-21(27-17-29-25-12-6-4-10-23(25)27)16-22(15-20)28-18-30-26-13-7-5-11-24(26)28/h1-14,16-18,22H,15H2/q+2. The molecule has 0 fully saturated rings. The first kappa shape index (κ1) is 17.8. The van der Waals surface area contributed by atoms with Gasteiger partial charge in [0.1, 0.15) is 9.40 Å². The highest BCUT2D eigenvalue weighted by molar-refractivity contribution is 7.16. The van der Waals surface area contributed by atoms with Gasteiger partial charge >= 0.3 is 0 Å². The van der Waals surface area contributed by atoms with Gasteiger partial charge < -0.3 is 0 Å². The Hall–Kier alpha value is -3.08.